The number of carbonyl (C=O) groups excluding carboxylic acids is 1. The molecule has 6 heteroatoms. The Morgan fingerprint density at radius 2 is 2.17 bits per heavy atom. The molecule has 0 spiro atoms. The molecular formula is C12H14O5S. The number of carbonyl (C=O) groups is 1. The normalized spacial score (nSPS) is 19.5. The van der Waals surface area contributed by atoms with Crippen molar-refractivity contribution in [2.24, 2.45) is 0 Å². The number of rotatable bonds is 6. The van der Waals surface area contributed by atoms with E-state index in [9.17, 15) is 13.2 Å². The van der Waals surface area contributed by atoms with Crippen LogP contribution < -0.4 is 4.74 Å². The van der Waals surface area contributed by atoms with Crippen LogP contribution in [-0.2, 0) is 19.4 Å². The summed E-state index contributed by atoms with van der Waals surface area (Å²) in [6, 6.07) is 4.71. The minimum Gasteiger partial charge on any atom is -0.494 e. The molecule has 1 atom stereocenters. The molecule has 1 aromatic carbocycles. The van der Waals surface area contributed by atoms with E-state index < -0.39 is 15.3 Å². The van der Waals surface area contributed by atoms with Crippen LogP contribution in [-0.4, -0.2) is 21.5 Å². The molecule has 0 fully saturated rings. The van der Waals surface area contributed by atoms with Gasteiger partial charge < -0.3 is 9.47 Å². The Balaban J connectivity index is 2.20. The SMILES string of the molecule is CCCCOc1ccc2c(c1)C(OC=O)S2(=O)=O. The van der Waals surface area contributed by atoms with Gasteiger partial charge in [0.1, 0.15) is 5.75 Å². The van der Waals surface area contributed by atoms with Crippen LogP contribution in [0.15, 0.2) is 23.1 Å². The van der Waals surface area contributed by atoms with E-state index in [4.69, 9.17) is 4.74 Å². The second kappa shape index (κ2) is 4.97. The minimum absolute atomic E-state index is 0.149. The van der Waals surface area contributed by atoms with Gasteiger partial charge in [-0.15, -0.1) is 0 Å². The molecule has 18 heavy (non-hydrogen) atoms. The van der Waals surface area contributed by atoms with Crippen molar-refractivity contribution in [2.75, 3.05) is 6.61 Å². The van der Waals surface area contributed by atoms with Gasteiger partial charge in [0, 0.05) is 5.56 Å². The first-order valence-corrected chi connectivity index (χ1v) is 7.25. The van der Waals surface area contributed by atoms with Crippen LogP contribution in [0, 0.1) is 0 Å². The Morgan fingerprint density at radius 3 is 2.83 bits per heavy atom. The largest absolute Gasteiger partial charge is 0.494 e. The van der Waals surface area contributed by atoms with Crippen molar-refractivity contribution in [3.63, 3.8) is 0 Å². The van der Waals surface area contributed by atoms with Crippen molar-refractivity contribution in [2.45, 2.75) is 30.1 Å². The predicted molar refractivity (Wildman–Crippen MR) is 63.9 cm³/mol. The molecule has 1 unspecified atom stereocenters. The molecule has 0 aromatic heterocycles. The summed E-state index contributed by atoms with van der Waals surface area (Å²) in [6.07, 6.45) is 1.96. The van der Waals surface area contributed by atoms with Crippen LogP contribution in [0.4, 0.5) is 0 Å². The number of benzene rings is 1. The zero-order chi connectivity index (χ0) is 13.2. The summed E-state index contributed by atoms with van der Waals surface area (Å²) in [5.41, 5.74) is -0.698. The lowest BCUT2D eigenvalue weighted by Gasteiger charge is -2.28. The van der Waals surface area contributed by atoms with Gasteiger partial charge in [-0.1, -0.05) is 13.3 Å². The predicted octanol–water partition coefficient (Wildman–Crippen LogP) is 1.82. The van der Waals surface area contributed by atoms with Crippen molar-refractivity contribution >= 4 is 16.3 Å². The molecule has 0 saturated carbocycles. The number of unbranched alkanes of at least 4 members (excludes halogenated alkanes) is 1. The van der Waals surface area contributed by atoms with Gasteiger partial charge in [-0.25, -0.2) is 8.42 Å². The smallest absolute Gasteiger partial charge is 0.294 e. The average Bonchev–Trinajstić information content (AvgIpc) is 2.36. The summed E-state index contributed by atoms with van der Waals surface area (Å²) < 4.78 is 33.4. The van der Waals surface area contributed by atoms with E-state index >= 15 is 0 Å². The molecule has 1 heterocycles. The Labute approximate surface area is 106 Å². The first kappa shape index (κ1) is 12.9. The van der Waals surface area contributed by atoms with E-state index in [2.05, 4.69) is 11.7 Å². The van der Waals surface area contributed by atoms with E-state index in [1.54, 1.807) is 12.1 Å². The van der Waals surface area contributed by atoms with Gasteiger partial charge in [-0.05, 0) is 24.6 Å². The third-order valence-electron chi connectivity index (χ3n) is 2.77. The highest BCUT2D eigenvalue weighted by Gasteiger charge is 2.45. The van der Waals surface area contributed by atoms with Gasteiger partial charge in [0.2, 0.25) is 15.3 Å². The molecule has 0 amide bonds. The second-order valence-electron chi connectivity index (χ2n) is 4.01. The molecule has 1 aromatic rings. The first-order valence-electron chi connectivity index (χ1n) is 5.71. The number of fused-ring (bicyclic) bond motifs is 1. The summed E-state index contributed by atoms with van der Waals surface area (Å²) in [4.78, 5) is 10.5. The van der Waals surface area contributed by atoms with E-state index in [-0.39, 0.29) is 11.4 Å². The van der Waals surface area contributed by atoms with Gasteiger partial charge in [-0.3, -0.25) is 4.79 Å². The van der Waals surface area contributed by atoms with Crippen LogP contribution in [0.2, 0.25) is 0 Å². The highest BCUT2D eigenvalue weighted by Crippen LogP contribution is 2.45. The highest BCUT2D eigenvalue weighted by molar-refractivity contribution is 7.93. The first-order chi connectivity index (χ1) is 8.61. The molecule has 2 rings (SSSR count). The fourth-order valence-electron chi connectivity index (χ4n) is 1.82. The Bertz CT molecular complexity index is 550. The fraction of sp³-hybridized carbons (Fsp3) is 0.417. The van der Waals surface area contributed by atoms with Gasteiger partial charge in [0.25, 0.3) is 6.47 Å². The number of hydrogen-bond acceptors (Lipinski definition) is 5. The molecule has 1 aliphatic rings. The summed E-state index contributed by atoms with van der Waals surface area (Å²) >= 11 is 0. The molecule has 0 saturated heterocycles. The van der Waals surface area contributed by atoms with E-state index in [1.807, 2.05) is 0 Å². The van der Waals surface area contributed by atoms with E-state index in [0.717, 1.165) is 12.8 Å². The maximum Gasteiger partial charge on any atom is 0.294 e. The Hall–Kier alpha value is -1.56. The van der Waals surface area contributed by atoms with Gasteiger partial charge in [-0.2, -0.15) is 0 Å². The molecule has 98 valence electrons. The average molecular weight is 270 g/mol. The maximum atomic E-state index is 11.7. The minimum atomic E-state index is -3.49. The van der Waals surface area contributed by atoms with Crippen LogP contribution in [0.5, 0.6) is 5.75 Å². The van der Waals surface area contributed by atoms with Crippen LogP contribution >= 0.6 is 0 Å². The zero-order valence-corrected chi connectivity index (χ0v) is 10.8. The third-order valence-corrected chi connectivity index (χ3v) is 4.68. The van der Waals surface area contributed by atoms with E-state index in [1.165, 1.54) is 6.07 Å². The summed E-state index contributed by atoms with van der Waals surface area (Å²) in [6.45, 7) is 2.79. The standard InChI is InChI=1S/C12H14O5S/c1-2-3-6-16-9-4-5-11-10(7-9)12(17-8-13)18(11,14)15/h4-5,7-8,12H,2-3,6H2,1H3. The molecule has 0 aliphatic carbocycles. The molecular weight excluding hydrogens is 256 g/mol. The van der Waals surface area contributed by atoms with Crippen molar-refractivity contribution in [1.29, 1.82) is 0 Å². The van der Waals surface area contributed by atoms with Crippen LogP contribution in [0.25, 0.3) is 0 Å². The summed E-state index contributed by atoms with van der Waals surface area (Å²) in [5, 5.41) is 0. The number of ether oxygens (including phenoxy) is 2. The van der Waals surface area contributed by atoms with Crippen molar-refractivity contribution in [1.82, 2.24) is 0 Å². The molecule has 0 radical (unpaired) electrons. The quantitative estimate of drug-likeness (QED) is 0.582. The lowest BCUT2D eigenvalue weighted by atomic mass is 10.2. The Kier molecular flexibility index (Phi) is 3.56. The lowest BCUT2D eigenvalue weighted by Crippen LogP contribution is -2.28. The van der Waals surface area contributed by atoms with Gasteiger partial charge >= 0.3 is 0 Å². The topological polar surface area (TPSA) is 69.7 Å². The third kappa shape index (κ3) is 2.08. The van der Waals surface area contributed by atoms with Gasteiger partial charge in [0.05, 0.1) is 11.5 Å². The second-order valence-corrected chi connectivity index (χ2v) is 5.97. The monoisotopic (exact) mass is 270 g/mol. The summed E-state index contributed by atoms with van der Waals surface area (Å²) in [7, 11) is -3.49. The molecule has 0 bridgehead atoms. The van der Waals surface area contributed by atoms with Crippen molar-refractivity contribution in [3.8, 4) is 5.75 Å². The van der Waals surface area contributed by atoms with Crippen LogP contribution in [0.1, 0.15) is 30.8 Å². The molecule has 5 nitrogen and oxygen atoms in total. The van der Waals surface area contributed by atoms with Crippen molar-refractivity contribution < 1.29 is 22.7 Å². The van der Waals surface area contributed by atoms with Gasteiger partial charge in [0.15, 0.2) is 0 Å². The maximum absolute atomic E-state index is 11.7. The number of hydrogen-bond donors (Lipinski definition) is 0. The lowest BCUT2D eigenvalue weighted by molar-refractivity contribution is -0.131. The van der Waals surface area contributed by atoms with Crippen molar-refractivity contribution in [3.05, 3.63) is 23.8 Å². The van der Waals surface area contributed by atoms with Crippen LogP contribution in [0.3, 0.4) is 0 Å². The van der Waals surface area contributed by atoms with E-state index in [0.29, 0.717) is 17.9 Å². The molecule has 1 aliphatic heterocycles. The number of sulfone groups is 1. The highest BCUT2D eigenvalue weighted by atomic mass is 32.2. The molecule has 0 N–H and O–H groups in total. The summed E-state index contributed by atoms with van der Waals surface area (Å²) in [5.74, 6) is 0.594. The Morgan fingerprint density at radius 1 is 1.39 bits per heavy atom. The fourth-order valence-corrected chi connectivity index (χ4v) is 3.33. The zero-order valence-electron chi connectivity index (χ0n) is 9.96.